The number of pyridine rings is 1. The zero-order valence-corrected chi connectivity index (χ0v) is 17.2. The predicted molar refractivity (Wildman–Crippen MR) is 115 cm³/mol. The third-order valence-corrected chi connectivity index (χ3v) is 5.91. The van der Waals surface area contributed by atoms with Crippen LogP contribution in [0.15, 0.2) is 47.6 Å². The summed E-state index contributed by atoms with van der Waals surface area (Å²) in [5.41, 5.74) is 7.40. The number of anilines is 1. The maximum absolute atomic E-state index is 12.4. The molecule has 0 aliphatic rings. The Hall–Kier alpha value is -2.86. The maximum Gasteiger partial charge on any atom is 0.234 e. The molecule has 2 aromatic heterocycles. The first-order valence-electron chi connectivity index (χ1n) is 9.18. The van der Waals surface area contributed by atoms with E-state index in [1.165, 1.54) is 22.9 Å². The van der Waals surface area contributed by atoms with Gasteiger partial charge in [-0.05, 0) is 68.0 Å². The summed E-state index contributed by atoms with van der Waals surface area (Å²) in [4.78, 5) is 12.4. The molecule has 0 atom stereocenters. The van der Waals surface area contributed by atoms with Crippen molar-refractivity contribution in [3.63, 3.8) is 0 Å². The average molecular weight is 391 g/mol. The van der Waals surface area contributed by atoms with Gasteiger partial charge in [0.05, 0.1) is 11.3 Å². The molecule has 28 heavy (non-hydrogen) atoms. The van der Waals surface area contributed by atoms with Crippen LogP contribution in [0.1, 0.15) is 22.3 Å². The molecule has 0 aliphatic carbocycles. The van der Waals surface area contributed by atoms with Gasteiger partial charge in [0, 0.05) is 5.69 Å². The van der Waals surface area contributed by atoms with Gasteiger partial charge in [0.25, 0.3) is 0 Å². The van der Waals surface area contributed by atoms with Crippen LogP contribution in [0, 0.1) is 27.7 Å². The minimum Gasteiger partial charge on any atom is -0.325 e. The Morgan fingerprint density at radius 2 is 1.75 bits per heavy atom. The van der Waals surface area contributed by atoms with Gasteiger partial charge < -0.3 is 5.32 Å². The van der Waals surface area contributed by atoms with E-state index < -0.39 is 0 Å². The Bertz CT molecular complexity index is 1200. The van der Waals surface area contributed by atoms with Crippen LogP contribution in [0.4, 0.5) is 5.69 Å². The van der Waals surface area contributed by atoms with Crippen molar-refractivity contribution in [2.75, 3.05) is 11.1 Å². The minimum absolute atomic E-state index is 0.0598. The van der Waals surface area contributed by atoms with Gasteiger partial charge in [-0.3, -0.25) is 9.20 Å². The van der Waals surface area contributed by atoms with E-state index in [1.54, 1.807) is 0 Å². The highest BCUT2D eigenvalue weighted by Crippen LogP contribution is 2.29. The number of amides is 1. The number of rotatable bonds is 4. The molecule has 5 nitrogen and oxygen atoms in total. The van der Waals surface area contributed by atoms with Gasteiger partial charge in [0.2, 0.25) is 5.91 Å². The van der Waals surface area contributed by atoms with Crippen molar-refractivity contribution in [1.82, 2.24) is 14.6 Å². The lowest BCUT2D eigenvalue weighted by Gasteiger charge is -2.11. The summed E-state index contributed by atoms with van der Waals surface area (Å²) >= 11 is 1.40. The monoisotopic (exact) mass is 390 g/mol. The van der Waals surface area contributed by atoms with Gasteiger partial charge >= 0.3 is 0 Å². The normalized spacial score (nSPS) is 11.3. The highest BCUT2D eigenvalue weighted by atomic mass is 32.2. The van der Waals surface area contributed by atoms with E-state index in [2.05, 4.69) is 52.0 Å². The fraction of sp³-hybridized carbons (Fsp3) is 0.227. The van der Waals surface area contributed by atoms with Crippen LogP contribution in [-0.2, 0) is 4.79 Å². The minimum atomic E-state index is -0.0598. The van der Waals surface area contributed by atoms with E-state index in [4.69, 9.17) is 0 Å². The van der Waals surface area contributed by atoms with Crippen molar-refractivity contribution in [3.05, 3.63) is 64.7 Å². The number of nitrogens with zero attached hydrogens (tertiary/aromatic N) is 3. The predicted octanol–water partition coefficient (Wildman–Crippen LogP) is 4.85. The summed E-state index contributed by atoms with van der Waals surface area (Å²) in [6.45, 7) is 8.28. The number of fused-ring (bicyclic) bond motifs is 3. The molecule has 0 fully saturated rings. The Morgan fingerprint density at radius 1 is 1.00 bits per heavy atom. The topological polar surface area (TPSA) is 59.3 Å². The third-order valence-electron chi connectivity index (χ3n) is 4.98. The number of aryl methyl sites for hydroxylation is 4. The van der Waals surface area contributed by atoms with Crippen molar-refractivity contribution >= 4 is 39.9 Å². The summed E-state index contributed by atoms with van der Waals surface area (Å²) in [6.07, 6.45) is 0. The number of carbonyl (C=O) groups excluding carboxylic acids is 1. The standard InChI is InChI=1S/C22H22N4OS/c1-13-5-9-18(10-6-13)23-19(27)12-28-22-25-24-21-15(3)11-17-8-7-14(2)16(4)20(17)26(21)22/h5-11H,12H2,1-4H3,(H,23,27). The molecule has 6 heteroatoms. The summed E-state index contributed by atoms with van der Waals surface area (Å²) in [7, 11) is 0. The van der Waals surface area contributed by atoms with Gasteiger partial charge in [-0.25, -0.2) is 0 Å². The molecule has 0 bridgehead atoms. The molecule has 0 saturated heterocycles. The Labute approximate surface area is 168 Å². The van der Waals surface area contributed by atoms with Crippen LogP contribution in [0.2, 0.25) is 0 Å². The van der Waals surface area contributed by atoms with Gasteiger partial charge in [-0.1, -0.05) is 41.6 Å². The van der Waals surface area contributed by atoms with E-state index in [0.29, 0.717) is 0 Å². The fourth-order valence-corrected chi connectivity index (χ4v) is 4.06. The molecule has 0 unspecified atom stereocenters. The van der Waals surface area contributed by atoms with Crippen LogP contribution >= 0.6 is 11.8 Å². The summed E-state index contributed by atoms with van der Waals surface area (Å²) in [5, 5.41) is 13.6. The van der Waals surface area contributed by atoms with Crippen LogP contribution in [0.25, 0.3) is 16.6 Å². The van der Waals surface area contributed by atoms with E-state index in [9.17, 15) is 4.79 Å². The number of carbonyl (C=O) groups is 1. The molecule has 142 valence electrons. The highest BCUT2D eigenvalue weighted by molar-refractivity contribution is 7.99. The number of benzene rings is 2. The molecule has 1 N–H and O–H groups in total. The van der Waals surface area contributed by atoms with E-state index in [1.807, 2.05) is 38.1 Å². The quantitative estimate of drug-likeness (QED) is 0.506. The molecule has 1 amide bonds. The summed E-state index contributed by atoms with van der Waals surface area (Å²) < 4.78 is 2.08. The highest BCUT2D eigenvalue weighted by Gasteiger charge is 2.15. The van der Waals surface area contributed by atoms with E-state index in [-0.39, 0.29) is 11.7 Å². The molecule has 4 aromatic rings. The first-order chi connectivity index (χ1) is 13.4. The lowest BCUT2D eigenvalue weighted by molar-refractivity contribution is -0.113. The maximum atomic E-state index is 12.4. The third kappa shape index (κ3) is 3.36. The number of hydrogen-bond acceptors (Lipinski definition) is 4. The summed E-state index contributed by atoms with van der Waals surface area (Å²) in [6, 6.07) is 14.2. The van der Waals surface area contributed by atoms with Gasteiger partial charge in [0.1, 0.15) is 0 Å². The van der Waals surface area contributed by atoms with E-state index >= 15 is 0 Å². The smallest absolute Gasteiger partial charge is 0.234 e. The molecule has 4 rings (SSSR count). The number of aromatic nitrogens is 3. The number of nitrogens with one attached hydrogen (secondary N) is 1. The first-order valence-corrected chi connectivity index (χ1v) is 10.2. The Kier molecular flexibility index (Phi) is 4.81. The van der Waals surface area contributed by atoms with Crippen molar-refractivity contribution in [2.45, 2.75) is 32.9 Å². The second kappa shape index (κ2) is 7.28. The molecule has 2 heterocycles. The second-order valence-corrected chi connectivity index (χ2v) is 8.06. The largest absolute Gasteiger partial charge is 0.325 e. The Morgan fingerprint density at radius 3 is 2.50 bits per heavy atom. The molecular formula is C22H22N4OS. The van der Waals surface area contributed by atoms with Gasteiger partial charge in [-0.15, -0.1) is 10.2 Å². The van der Waals surface area contributed by atoms with Crippen molar-refractivity contribution in [3.8, 4) is 0 Å². The van der Waals surface area contributed by atoms with Gasteiger partial charge in [-0.2, -0.15) is 0 Å². The van der Waals surface area contributed by atoms with Crippen LogP contribution in [0.3, 0.4) is 0 Å². The number of thioether (sulfide) groups is 1. The average Bonchev–Trinajstić information content (AvgIpc) is 3.10. The number of hydrogen-bond donors (Lipinski definition) is 1. The molecular weight excluding hydrogens is 368 g/mol. The van der Waals surface area contributed by atoms with Crippen LogP contribution < -0.4 is 5.32 Å². The van der Waals surface area contributed by atoms with Gasteiger partial charge in [0.15, 0.2) is 10.8 Å². The SMILES string of the molecule is Cc1ccc(NC(=O)CSc2nnc3c(C)cc4ccc(C)c(C)c4n23)cc1. The van der Waals surface area contributed by atoms with Crippen molar-refractivity contribution < 1.29 is 4.79 Å². The Balaban J connectivity index is 1.65. The zero-order valence-electron chi connectivity index (χ0n) is 16.4. The lowest BCUT2D eigenvalue weighted by Crippen LogP contribution is -2.14. The van der Waals surface area contributed by atoms with Crippen LogP contribution in [0.5, 0.6) is 0 Å². The van der Waals surface area contributed by atoms with Crippen molar-refractivity contribution in [2.24, 2.45) is 0 Å². The molecule has 2 aromatic carbocycles. The fourth-order valence-electron chi connectivity index (χ4n) is 3.32. The summed E-state index contributed by atoms with van der Waals surface area (Å²) in [5.74, 6) is 0.213. The molecule has 0 spiro atoms. The van der Waals surface area contributed by atoms with Crippen LogP contribution in [-0.4, -0.2) is 26.3 Å². The lowest BCUT2D eigenvalue weighted by atomic mass is 10.0. The molecule has 0 radical (unpaired) electrons. The second-order valence-electron chi connectivity index (χ2n) is 7.12. The zero-order chi connectivity index (χ0) is 19.8. The van der Waals surface area contributed by atoms with E-state index in [0.717, 1.165) is 38.5 Å². The first kappa shape index (κ1) is 18.5. The van der Waals surface area contributed by atoms with Crippen molar-refractivity contribution in [1.29, 1.82) is 0 Å². The molecule has 0 saturated carbocycles. The molecule has 0 aliphatic heterocycles.